The zero-order valence-corrected chi connectivity index (χ0v) is 13.3. The summed E-state index contributed by atoms with van der Waals surface area (Å²) < 4.78 is 19.2. The van der Waals surface area contributed by atoms with Crippen molar-refractivity contribution in [3.05, 3.63) is 29.6 Å². The van der Waals surface area contributed by atoms with Crippen molar-refractivity contribution in [1.82, 2.24) is 5.43 Å². The van der Waals surface area contributed by atoms with Gasteiger partial charge in [-0.1, -0.05) is 64.0 Å². The molecule has 0 aromatic heterocycles. The second-order valence-corrected chi connectivity index (χ2v) is 5.49. The number of hydrogen-bond acceptors (Lipinski definition) is 3. The van der Waals surface area contributed by atoms with Gasteiger partial charge in [0.2, 0.25) is 0 Å². The van der Waals surface area contributed by atoms with Gasteiger partial charge < -0.3 is 4.74 Å². The summed E-state index contributed by atoms with van der Waals surface area (Å²) in [5, 5.41) is 0. The first-order valence-electron chi connectivity index (χ1n) is 8.03. The Labute approximate surface area is 128 Å². The van der Waals surface area contributed by atoms with Crippen LogP contribution in [0.5, 0.6) is 5.75 Å². The molecular weight excluding hydrogens is 267 g/mol. The molecule has 0 aliphatic heterocycles. The van der Waals surface area contributed by atoms with Gasteiger partial charge in [-0.3, -0.25) is 11.3 Å². The summed E-state index contributed by atoms with van der Waals surface area (Å²) in [6, 6.07) is 5.03. The molecule has 120 valence electrons. The Morgan fingerprint density at radius 2 is 1.81 bits per heavy atom. The Bertz CT molecular complexity index is 398. The monoisotopic (exact) mass is 296 g/mol. The standard InChI is InChI=1S/C17H29FN2O/c1-3-4-5-6-7-8-9-12-15(20-19)14-11-10-13-16(21-2)17(14)18/h10-11,13,15,20H,3-9,12,19H2,1-2H3. The predicted molar refractivity (Wildman–Crippen MR) is 85.6 cm³/mol. The molecule has 1 rings (SSSR count). The van der Waals surface area contributed by atoms with Crippen LogP contribution in [0.25, 0.3) is 0 Å². The van der Waals surface area contributed by atoms with Gasteiger partial charge in [-0.2, -0.15) is 0 Å². The van der Waals surface area contributed by atoms with Gasteiger partial charge in [-0.15, -0.1) is 0 Å². The van der Waals surface area contributed by atoms with E-state index in [1.54, 1.807) is 18.2 Å². The van der Waals surface area contributed by atoms with Crippen molar-refractivity contribution in [2.24, 2.45) is 5.84 Å². The zero-order chi connectivity index (χ0) is 15.5. The highest BCUT2D eigenvalue weighted by Crippen LogP contribution is 2.27. The molecular formula is C17H29FN2O. The summed E-state index contributed by atoms with van der Waals surface area (Å²) in [5.41, 5.74) is 3.31. The molecule has 3 nitrogen and oxygen atoms in total. The van der Waals surface area contributed by atoms with Gasteiger partial charge in [-0.25, -0.2) is 4.39 Å². The van der Waals surface area contributed by atoms with Gasteiger partial charge >= 0.3 is 0 Å². The van der Waals surface area contributed by atoms with Crippen molar-refractivity contribution in [3.63, 3.8) is 0 Å². The number of unbranched alkanes of at least 4 members (excludes halogenated alkanes) is 6. The summed E-state index contributed by atoms with van der Waals surface area (Å²) in [6.45, 7) is 2.22. The van der Waals surface area contributed by atoms with Crippen LogP contribution >= 0.6 is 0 Å². The van der Waals surface area contributed by atoms with Crippen LogP contribution in [0.15, 0.2) is 18.2 Å². The molecule has 0 aliphatic rings. The first-order chi connectivity index (χ1) is 10.2. The van der Waals surface area contributed by atoms with Crippen LogP contribution in [-0.2, 0) is 0 Å². The normalized spacial score (nSPS) is 12.4. The molecule has 1 aromatic rings. The minimum Gasteiger partial charge on any atom is -0.494 e. The van der Waals surface area contributed by atoms with Crippen molar-refractivity contribution in [2.45, 2.75) is 64.3 Å². The van der Waals surface area contributed by atoms with Crippen molar-refractivity contribution in [2.75, 3.05) is 7.11 Å². The van der Waals surface area contributed by atoms with E-state index in [0.717, 1.165) is 12.8 Å². The second-order valence-electron chi connectivity index (χ2n) is 5.49. The predicted octanol–water partition coefficient (Wildman–Crippen LogP) is 4.48. The molecule has 0 spiro atoms. The molecule has 0 fully saturated rings. The number of rotatable bonds is 11. The lowest BCUT2D eigenvalue weighted by atomic mass is 9.99. The molecule has 0 heterocycles. The van der Waals surface area contributed by atoms with Crippen LogP contribution in [0.1, 0.15) is 69.9 Å². The maximum absolute atomic E-state index is 14.2. The van der Waals surface area contributed by atoms with Crippen LogP contribution in [0.4, 0.5) is 4.39 Å². The Morgan fingerprint density at radius 3 is 2.43 bits per heavy atom. The minimum absolute atomic E-state index is 0.157. The van der Waals surface area contributed by atoms with Gasteiger partial charge in [0, 0.05) is 11.6 Å². The lowest BCUT2D eigenvalue weighted by Gasteiger charge is -2.18. The highest BCUT2D eigenvalue weighted by atomic mass is 19.1. The highest BCUT2D eigenvalue weighted by Gasteiger charge is 2.16. The lowest BCUT2D eigenvalue weighted by molar-refractivity contribution is 0.376. The van der Waals surface area contributed by atoms with Gasteiger partial charge in [0.05, 0.1) is 7.11 Å². The highest BCUT2D eigenvalue weighted by molar-refractivity contribution is 5.32. The Hall–Kier alpha value is -1.13. The summed E-state index contributed by atoms with van der Waals surface area (Å²) in [5.74, 6) is 5.54. The van der Waals surface area contributed by atoms with Crippen LogP contribution in [0.2, 0.25) is 0 Å². The fourth-order valence-corrected chi connectivity index (χ4v) is 2.59. The number of hydrazine groups is 1. The summed E-state index contributed by atoms with van der Waals surface area (Å²) in [4.78, 5) is 0. The van der Waals surface area contributed by atoms with E-state index >= 15 is 0 Å². The minimum atomic E-state index is -0.314. The molecule has 0 amide bonds. The first kappa shape index (κ1) is 17.9. The largest absolute Gasteiger partial charge is 0.494 e. The van der Waals surface area contributed by atoms with E-state index in [2.05, 4.69) is 12.3 Å². The van der Waals surface area contributed by atoms with Crippen molar-refractivity contribution in [3.8, 4) is 5.75 Å². The van der Waals surface area contributed by atoms with E-state index in [0.29, 0.717) is 5.56 Å². The smallest absolute Gasteiger partial charge is 0.169 e. The third kappa shape index (κ3) is 6.02. The molecule has 1 unspecified atom stereocenters. The summed E-state index contributed by atoms with van der Waals surface area (Å²) in [6.07, 6.45) is 9.52. The average Bonchev–Trinajstić information content (AvgIpc) is 2.51. The molecule has 1 aromatic carbocycles. The second kappa shape index (κ2) is 10.6. The summed E-state index contributed by atoms with van der Waals surface area (Å²) in [7, 11) is 1.48. The average molecular weight is 296 g/mol. The van der Waals surface area contributed by atoms with Crippen molar-refractivity contribution < 1.29 is 9.13 Å². The maximum Gasteiger partial charge on any atom is 0.169 e. The van der Waals surface area contributed by atoms with Crippen LogP contribution in [0.3, 0.4) is 0 Å². The molecule has 4 heteroatoms. The molecule has 0 saturated carbocycles. The molecule has 0 bridgehead atoms. The van der Waals surface area contributed by atoms with Crippen LogP contribution in [0, 0.1) is 5.82 Å². The number of hydrogen-bond donors (Lipinski definition) is 2. The van der Waals surface area contributed by atoms with Gasteiger partial charge in [0.25, 0.3) is 0 Å². The van der Waals surface area contributed by atoms with Gasteiger partial charge in [-0.05, 0) is 12.5 Å². The SMILES string of the molecule is CCCCCCCCCC(NN)c1cccc(OC)c1F. The molecule has 0 radical (unpaired) electrons. The summed E-state index contributed by atoms with van der Waals surface area (Å²) >= 11 is 0. The molecule has 1 atom stereocenters. The van der Waals surface area contributed by atoms with Gasteiger partial charge in [0.15, 0.2) is 11.6 Å². The Balaban J connectivity index is 2.41. The van der Waals surface area contributed by atoms with E-state index in [1.165, 1.54) is 45.6 Å². The van der Waals surface area contributed by atoms with Crippen LogP contribution < -0.4 is 16.0 Å². The third-order valence-corrected chi connectivity index (χ3v) is 3.89. The topological polar surface area (TPSA) is 47.3 Å². The fraction of sp³-hybridized carbons (Fsp3) is 0.647. The van der Waals surface area contributed by atoms with Crippen molar-refractivity contribution >= 4 is 0 Å². The number of nitrogens with one attached hydrogen (secondary N) is 1. The number of nitrogens with two attached hydrogens (primary N) is 1. The number of benzene rings is 1. The van der Waals surface area contributed by atoms with E-state index in [1.807, 2.05) is 0 Å². The Morgan fingerprint density at radius 1 is 1.14 bits per heavy atom. The van der Waals surface area contributed by atoms with Crippen LogP contribution in [-0.4, -0.2) is 7.11 Å². The maximum atomic E-state index is 14.2. The fourth-order valence-electron chi connectivity index (χ4n) is 2.59. The van der Waals surface area contributed by atoms with E-state index < -0.39 is 0 Å². The number of methoxy groups -OCH3 is 1. The number of halogens is 1. The van der Waals surface area contributed by atoms with Crippen molar-refractivity contribution in [1.29, 1.82) is 0 Å². The van der Waals surface area contributed by atoms with E-state index in [-0.39, 0.29) is 17.6 Å². The lowest BCUT2D eigenvalue weighted by Crippen LogP contribution is -2.28. The third-order valence-electron chi connectivity index (χ3n) is 3.89. The molecule has 0 saturated heterocycles. The number of ether oxygens (including phenoxy) is 1. The quantitative estimate of drug-likeness (QED) is 0.359. The van der Waals surface area contributed by atoms with Gasteiger partial charge in [0.1, 0.15) is 0 Å². The van der Waals surface area contributed by atoms with E-state index in [9.17, 15) is 4.39 Å². The molecule has 21 heavy (non-hydrogen) atoms. The van der Waals surface area contributed by atoms with E-state index in [4.69, 9.17) is 10.6 Å². The molecule has 0 aliphatic carbocycles. The first-order valence-corrected chi connectivity index (χ1v) is 8.03. The molecule has 3 N–H and O–H groups in total. The zero-order valence-electron chi connectivity index (χ0n) is 13.3. The Kier molecular flexibility index (Phi) is 9.02.